The second-order valence-corrected chi connectivity index (χ2v) is 6.52. The molecule has 1 fully saturated rings. The number of hydrogen-bond donors (Lipinski definition) is 0. The van der Waals surface area contributed by atoms with Gasteiger partial charge < -0.3 is 19.4 Å². The quantitative estimate of drug-likeness (QED) is 0.548. The van der Waals surface area contributed by atoms with Crippen LogP contribution in [0.1, 0.15) is 26.7 Å². The number of amides is 2. The molecule has 1 aliphatic heterocycles. The average molecular weight is 369 g/mol. The molecular formula is C18H29ClN4O2. The molecule has 1 aromatic rings. The minimum Gasteiger partial charge on any atom is -0.478 e. The molecule has 1 saturated heterocycles. The highest BCUT2D eigenvalue weighted by Crippen LogP contribution is 2.12. The van der Waals surface area contributed by atoms with Crippen molar-refractivity contribution in [2.24, 2.45) is 0 Å². The van der Waals surface area contributed by atoms with Gasteiger partial charge in [-0.05, 0) is 39.3 Å². The van der Waals surface area contributed by atoms with E-state index in [4.69, 9.17) is 16.3 Å². The lowest BCUT2D eigenvalue weighted by Gasteiger charge is -2.28. The molecule has 0 bridgehead atoms. The molecule has 25 heavy (non-hydrogen) atoms. The first kappa shape index (κ1) is 19.8. The number of rotatable bonds is 7. The van der Waals surface area contributed by atoms with Crippen molar-refractivity contribution < 1.29 is 9.53 Å². The van der Waals surface area contributed by atoms with Crippen LogP contribution in [0.5, 0.6) is 5.88 Å². The fourth-order valence-corrected chi connectivity index (χ4v) is 3.17. The van der Waals surface area contributed by atoms with Gasteiger partial charge in [-0.1, -0.05) is 17.7 Å². The Labute approximate surface area is 155 Å². The number of nitrogens with zero attached hydrogens (tertiary/aromatic N) is 4. The van der Waals surface area contributed by atoms with Crippen molar-refractivity contribution in [3.63, 3.8) is 0 Å². The van der Waals surface area contributed by atoms with E-state index in [0.29, 0.717) is 17.6 Å². The first-order chi connectivity index (χ1) is 12.1. The van der Waals surface area contributed by atoms with Gasteiger partial charge in [0.15, 0.2) is 0 Å². The van der Waals surface area contributed by atoms with Gasteiger partial charge in [-0.2, -0.15) is 0 Å². The largest absolute Gasteiger partial charge is 0.478 e. The molecule has 0 spiro atoms. The number of urea groups is 1. The molecule has 2 amide bonds. The molecule has 0 aromatic carbocycles. The van der Waals surface area contributed by atoms with Crippen LogP contribution in [0.2, 0.25) is 5.15 Å². The van der Waals surface area contributed by atoms with Crippen LogP contribution in [0.4, 0.5) is 4.79 Å². The molecule has 7 heteroatoms. The van der Waals surface area contributed by atoms with Crippen molar-refractivity contribution in [1.29, 1.82) is 0 Å². The van der Waals surface area contributed by atoms with E-state index in [-0.39, 0.29) is 6.03 Å². The summed E-state index contributed by atoms with van der Waals surface area (Å²) in [6, 6.07) is 5.55. The number of halogens is 1. The van der Waals surface area contributed by atoms with Crippen LogP contribution in [0.15, 0.2) is 18.2 Å². The molecule has 0 saturated carbocycles. The van der Waals surface area contributed by atoms with E-state index in [1.165, 1.54) is 0 Å². The zero-order valence-corrected chi connectivity index (χ0v) is 16.0. The van der Waals surface area contributed by atoms with E-state index in [1.807, 2.05) is 35.8 Å². The molecule has 1 aromatic heterocycles. The molecule has 140 valence electrons. The van der Waals surface area contributed by atoms with Gasteiger partial charge in [0.2, 0.25) is 5.88 Å². The molecule has 0 atom stereocenters. The summed E-state index contributed by atoms with van der Waals surface area (Å²) in [6.07, 6.45) is 1.95. The number of ether oxygens (including phenoxy) is 1. The summed E-state index contributed by atoms with van der Waals surface area (Å²) in [5, 5.41) is 0.447. The van der Waals surface area contributed by atoms with Crippen LogP contribution in [-0.2, 0) is 0 Å². The number of aromatic nitrogens is 1. The third-order valence-electron chi connectivity index (χ3n) is 4.45. The highest BCUT2D eigenvalue weighted by atomic mass is 35.5. The number of hydrogen-bond acceptors (Lipinski definition) is 4. The smallest absolute Gasteiger partial charge is 0.320 e. The van der Waals surface area contributed by atoms with Crippen molar-refractivity contribution in [2.75, 3.05) is 52.4 Å². The van der Waals surface area contributed by atoms with E-state index < -0.39 is 0 Å². The summed E-state index contributed by atoms with van der Waals surface area (Å²) in [5.41, 5.74) is 0. The topological polar surface area (TPSA) is 48.9 Å². The van der Waals surface area contributed by atoms with Gasteiger partial charge >= 0.3 is 6.03 Å². The summed E-state index contributed by atoms with van der Waals surface area (Å²) in [7, 11) is 0. The van der Waals surface area contributed by atoms with Crippen LogP contribution >= 0.6 is 11.6 Å². The van der Waals surface area contributed by atoms with Crippen molar-refractivity contribution in [3.05, 3.63) is 23.4 Å². The maximum atomic E-state index is 12.5. The van der Waals surface area contributed by atoms with Gasteiger partial charge in [0.25, 0.3) is 0 Å². The third-order valence-corrected chi connectivity index (χ3v) is 4.66. The molecule has 1 aliphatic rings. The number of carbonyl (C=O) groups excluding carboxylic acids is 1. The SMILES string of the molecule is CCN(CC)C(=O)N1CCCN(CCCOc2cccc(Cl)n2)CC1. The van der Waals surface area contributed by atoms with Crippen molar-refractivity contribution in [2.45, 2.75) is 26.7 Å². The van der Waals surface area contributed by atoms with Crippen molar-refractivity contribution >= 4 is 17.6 Å². The second kappa shape index (κ2) is 10.5. The predicted molar refractivity (Wildman–Crippen MR) is 100 cm³/mol. The number of carbonyl (C=O) groups is 1. The van der Waals surface area contributed by atoms with E-state index in [9.17, 15) is 4.79 Å². The van der Waals surface area contributed by atoms with E-state index in [1.54, 1.807) is 6.07 Å². The fraction of sp³-hybridized carbons (Fsp3) is 0.667. The van der Waals surface area contributed by atoms with Gasteiger partial charge in [0, 0.05) is 45.3 Å². The molecule has 2 heterocycles. The Balaban J connectivity index is 1.69. The van der Waals surface area contributed by atoms with Crippen molar-refractivity contribution in [3.8, 4) is 5.88 Å². The van der Waals surface area contributed by atoms with E-state index in [2.05, 4.69) is 9.88 Å². The highest BCUT2D eigenvalue weighted by Gasteiger charge is 2.21. The highest BCUT2D eigenvalue weighted by molar-refractivity contribution is 6.29. The Kier molecular flexibility index (Phi) is 8.28. The first-order valence-electron chi connectivity index (χ1n) is 9.15. The average Bonchev–Trinajstić information content (AvgIpc) is 2.85. The van der Waals surface area contributed by atoms with E-state index >= 15 is 0 Å². The lowest BCUT2D eigenvalue weighted by molar-refractivity contribution is 0.158. The molecule has 2 rings (SSSR count). The zero-order valence-electron chi connectivity index (χ0n) is 15.3. The molecule has 0 radical (unpaired) electrons. The predicted octanol–water partition coefficient (Wildman–Crippen LogP) is 2.97. The van der Waals surface area contributed by atoms with Gasteiger partial charge in [-0.15, -0.1) is 0 Å². The molecule has 0 unspecified atom stereocenters. The van der Waals surface area contributed by atoms with Crippen LogP contribution in [0, 0.1) is 0 Å². The minimum absolute atomic E-state index is 0.169. The van der Waals surface area contributed by atoms with Crippen LogP contribution in [0.25, 0.3) is 0 Å². The summed E-state index contributed by atoms with van der Waals surface area (Å²) in [5.74, 6) is 0.569. The maximum absolute atomic E-state index is 12.5. The standard InChI is InChI=1S/C18H29ClN4O2/c1-3-22(4-2)18(24)23-12-6-10-21(13-14-23)11-7-15-25-17-9-5-8-16(19)20-17/h5,8-9H,3-4,6-7,10-15H2,1-2H3. The number of pyridine rings is 1. The third kappa shape index (κ3) is 6.36. The van der Waals surface area contributed by atoms with Gasteiger partial charge in [0.1, 0.15) is 5.15 Å². The Morgan fingerprint density at radius 2 is 2.04 bits per heavy atom. The summed E-state index contributed by atoms with van der Waals surface area (Å²) >= 11 is 5.84. The maximum Gasteiger partial charge on any atom is 0.320 e. The monoisotopic (exact) mass is 368 g/mol. The van der Waals surface area contributed by atoms with Crippen molar-refractivity contribution in [1.82, 2.24) is 19.7 Å². The van der Waals surface area contributed by atoms with Gasteiger partial charge in [-0.3, -0.25) is 0 Å². The summed E-state index contributed by atoms with van der Waals surface area (Å²) < 4.78 is 5.64. The van der Waals surface area contributed by atoms with E-state index in [0.717, 1.165) is 58.7 Å². The lowest BCUT2D eigenvalue weighted by Crippen LogP contribution is -2.44. The first-order valence-corrected chi connectivity index (χ1v) is 9.53. The minimum atomic E-state index is 0.169. The molecule has 6 nitrogen and oxygen atoms in total. The zero-order chi connectivity index (χ0) is 18.1. The van der Waals surface area contributed by atoms with Crippen LogP contribution in [0.3, 0.4) is 0 Å². The summed E-state index contributed by atoms with van der Waals surface area (Å²) in [4.78, 5) is 22.9. The normalized spacial score (nSPS) is 15.7. The van der Waals surface area contributed by atoms with Crippen LogP contribution in [-0.4, -0.2) is 78.1 Å². The van der Waals surface area contributed by atoms with Gasteiger partial charge in [0.05, 0.1) is 6.61 Å². The molecule has 0 aliphatic carbocycles. The molecule has 0 N–H and O–H groups in total. The van der Waals surface area contributed by atoms with Gasteiger partial charge in [-0.25, -0.2) is 9.78 Å². The molecular weight excluding hydrogens is 340 g/mol. The lowest BCUT2D eigenvalue weighted by atomic mass is 10.3. The fourth-order valence-electron chi connectivity index (χ4n) is 3.01. The Morgan fingerprint density at radius 1 is 1.24 bits per heavy atom. The van der Waals surface area contributed by atoms with Crippen LogP contribution < -0.4 is 4.74 Å². The Hall–Kier alpha value is -1.53. The Morgan fingerprint density at radius 3 is 2.76 bits per heavy atom. The summed E-state index contributed by atoms with van der Waals surface area (Å²) in [6.45, 7) is 10.8. The Bertz CT molecular complexity index is 540. The second-order valence-electron chi connectivity index (χ2n) is 6.14.